The SMILES string of the molecule is CCCC(CC)NC(=O)c1ccc2c(c1)NCCN2. The quantitative estimate of drug-likeness (QED) is 0.764. The average Bonchev–Trinajstić information content (AvgIpc) is 2.46. The number of anilines is 2. The largest absolute Gasteiger partial charge is 0.382 e. The molecule has 0 aliphatic carbocycles. The van der Waals surface area contributed by atoms with Crippen molar-refractivity contribution < 1.29 is 4.79 Å². The third-order valence-electron chi connectivity index (χ3n) is 3.50. The molecule has 1 atom stereocenters. The second-order valence-electron chi connectivity index (χ2n) is 4.98. The second kappa shape index (κ2) is 6.45. The molecule has 1 aromatic carbocycles. The molecule has 4 nitrogen and oxygen atoms in total. The zero-order valence-electron chi connectivity index (χ0n) is 11.8. The average molecular weight is 261 g/mol. The standard InChI is InChI=1S/C15H23N3O/c1-3-5-12(4-2)18-15(19)11-6-7-13-14(10-11)17-9-8-16-13/h6-7,10,12,16-17H,3-5,8-9H2,1-2H3,(H,18,19). The van der Waals surface area contributed by atoms with E-state index >= 15 is 0 Å². The number of fused-ring (bicyclic) bond motifs is 1. The van der Waals surface area contributed by atoms with Crippen molar-refractivity contribution in [2.45, 2.75) is 39.2 Å². The molecule has 19 heavy (non-hydrogen) atoms. The lowest BCUT2D eigenvalue weighted by molar-refractivity contribution is 0.0934. The first kappa shape index (κ1) is 13.7. The van der Waals surface area contributed by atoms with Crippen LogP contribution in [0.4, 0.5) is 11.4 Å². The van der Waals surface area contributed by atoms with Crippen LogP contribution in [0, 0.1) is 0 Å². The van der Waals surface area contributed by atoms with Crippen LogP contribution < -0.4 is 16.0 Å². The van der Waals surface area contributed by atoms with Gasteiger partial charge in [-0.15, -0.1) is 0 Å². The van der Waals surface area contributed by atoms with Crippen LogP contribution in [0.5, 0.6) is 0 Å². The molecule has 1 unspecified atom stereocenters. The Kier molecular flexibility index (Phi) is 4.66. The van der Waals surface area contributed by atoms with Gasteiger partial charge in [-0.05, 0) is 31.0 Å². The molecule has 0 aromatic heterocycles. The van der Waals surface area contributed by atoms with Crippen LogP contribution in [0.1, 0.15) is 43.5 Å². The number of rotatable bonds is 5. The summed E-state index contributed by atoms with van der Waals surface area (Å²) in [6.45, 7) is 6.07. The number of hydrogen-bond acceptors (Lipinski definition) is 3. The summed E-state index contributed by atoms with van der Waals surface area (Å²) < 4.78 is 0. The Balaban J connectivity index is 2.06. The molecule has 104 valence electrons. The molecular formula is C15H23N3O. The first-order valence-electron chi connectivity index (χ1n) is 7.17. The molecule has 0 saturated heterocycles. The monoisotopic (exact) mass is 261 g/mol. The van der Waals surface area contributed by atoms with Gasteiger partial charge in [0.2, 0.25) is 0 Å². The number of hydrogen-bond donors (Lipinski definition) is 3. The Morgan fingerprint density at radius 1 is 1.26 bits per heavy atom. The molecule has 1 aromatic rings. The lowest BCUT2D eigenvalue weighted by Crippen LogP contribution is -2.34. The Morgan fingerprint density at radius 3 is 2.68 bits per heavy atom. The van der Waals surface area contributed by atoms with Gasteiger partial charge in [0.15, 0.2) is 0 Å². The predicted octanol–water partition coefficient (Wildman–Crippen LogP) is 2.83. The van der Waals surface area contributed by atoms with E-state index in [4.69, 9.17) is 0 Å². The highest BCUT2D eigenvalue weighted by molar-refractivity contribution is 5.96. The number of nitrogens with one attached hydrogen (secondary N) is 3. The minimum absolute atomic E-state index is 0.0236. The molecule has 0 radical (unpaired) electrons. The number of carbonyl (C=O) groups is 1. The molecule has 0 saturated carbocycles. The Hall–Kier alpha value is -1.71. The van der Waals surface area contributed by atoms with E-state index < -0.39 is 0 Å². The molecule has 2 rings (SSSR count). The van der Waals surface area contributed by atoms with Crippen molar-refractivity contribution in [3.8, 4) is 0 Å². The predicted molar refractivity (Wildman–Crippen MR) is 79.9 cm³/mol. The van der Waals surface area contributed by atoms with Crippen molar-refractivity contribution in [2.24, 2.45) is 0 Å². The summed E-state index contributed by atoms with van der Waals surface area (Å²) in [6, 6.07) is 6.05. The molecule has 0 bridgehead atoms. The number of benzene rings is 1. The normalized spacial score (nSPS) is 14.8. The van der Waals surface area contributed by atoms with E-state index in [2.05, 4.69) is 29.8 Å². The van der Waals surface area contributed by atoms with E-state index in [0.29, 0.717) is 0 Å². The van der Waals surface area contributed by atoms with Crippen LogP contribution in [-0.2, 0) is 0 Å². The zero-order chi connectivity index (χ0) is 13.7. The van der Waals surface area contributed by atoms with E-state index in [0.717, 1.165) is 49.3 Å². The summed E-state index contributed by atoms with van der Waals surface area (Å²) in [6.07, 6.45) is 3.10. The van der Waals surface area contributed by atoms with Crippen molar-refractivity contribution >= 4 is 17.3 Å². The topological polar surface area (TPSA) is 53.2 Å². The first-order valence-corrected chi connectivity index (χ1v) is 7.17. The van der Waals surface area contributed by atoms with Crippen LogP contribution in [-0.4, -0.2) is 25.0 Å². The van der Waals surface area contributed by atoms with E-state index in [1.54, 1.807) is 0 Å². The maximum atomic E-state index is 12.2. The number of amides is 1. The van der Waals surface area contributed by atoms with Gasteiger partial charge in [0.25, 0.3) is 5.91 Å². The molecule has 1 amide bonds. The zero-order valence-corrected chi connectivity index (χ0v) is 11.8. The second-order valence-corrected chi connectivity index (χ2v) is 4.98. The Bertz CT molecular complexity index is 445. The molecule has 1 heterocycles. The first-order chi connectivity index (χ1) is 9.24. The third kappa shape index (κ3) is 3.40. The molecule has 4 heteroatoms. The van der Waals surface area contributed by atoms with E-state index in [1.807, 2.05) is 18.2 Å². The van der Waals surface area contributed by atoms with Crippen LogP contribution in [0.25, 0.3) is 0 Å². The van der Waals surface area contributed by atoms with Gasteiger partial charge in [0.1, 0.15) is 0 Å². The molecule has 3 N–H and O–H groups in total. The lowest BCUT2D eigenvalue weighted by atomic mass is 10.1. The van der Waals surface area contributed by atoms with Crippen LogP contribution >= 0.6 is 0 Å². The lowest BCUT2D eigenvalue weighted by Gasteiger charge is -2.21. The molecule has 0 fully saturated rings. The van der Waals surface area contributed by atoms with E-state index in [9.17, 15) is 4.79 Å². The van der Waals surface area contributed by atoms with Crippen molar-refractivity contribution in [3.63, 3.8) is 0 Å². The van der Waals surface area contributed by atoms with Crippen LogP contribution in [0.15, 0.2) is 18.2 Å². The highest BCUT2D eigenvalue weighted by Crippen LogP contribution is 2.25. The van der Waals surface area contributed by atoms with E-state index in [1.165, 1.54) is 0 Å². The number of carbonyl (C=O) groups excluding carboxylic acids is 1. The van der Waals surface area contributed by atoms with Crippen molar-refractivity contribution in [1.82, 2.24) is 5.32 Å². The highest BCUT2D eigenvalue weighted by Gasteiger charge is 2.14. The van der Waals surface area contributed by atoms with Gasteiger partial charge in [0, 0.05) is 24.7 Å². The fourth-order valence-electron chi connectivity index (χ4n) is 2.38. The summed E-state index contributed by atoms with van der Waals surface area (Å²) >= 11 is 0. The van der Waals surface area contributed by atoms with Gasteiger partial charge < -0.3 is 16.0 Å². The summed E-state index contributed by atoms with van der Waals surface area (Å²) in [4.78, 5) is 12.2. The van der Waals surface area contributed by atoms with Gasteiger partial charge in [0.05, 0.1) is 11.4 Å². The van der Waals surface area contributed by atoms with Gasteiger partial charge in [-0.25, -0.2) is 0 Å². The van der Waals surface area contributed by atoms with Crippen molar-refractivity contribution in [1.29, 1.82) is 0 Å². The Labute approximate surface area is 115 Å². The highest BCUT2D eigenvalue weighted by atomic mass is 16.1. The fourth-order valence-corrected chi connectivity index (χ4v) is 2.38. The third-order valence-corrected chi connectivity index (χ3v) is 3.50. The van der Waals surface area contributed by atoms with E-state index in [-0.39, 0.29) is 11.9 Å². The van der Waals surface area contributed by atoms with Crippen LogP contribution in [0.3, 0.4) is 0 Å². The van der Waals surface area contributed by atoms with Crippen molar-refractivity contribution in [3.05, 3.63) is 23.8 Å². The molecular weight excluding hydrogens is 238 g/mol. The summed E-state index contributed by atoms with van der Waals surface area (Å²) in [7, 11) is 0. The van der Waals surface area contributed by atoms with Crippen LogP contribution in [0.2, 0.25) is 0 Å². The van der Waals surface area contributed by atoms with Gasteiger partial charge >= 0.3 is 0 Å². The summed E-state index contributed by atoms with van der Waals surface area (Å²) in [5.74, 6) is 0.0236. The van der Waals surface area contributed by atoms with Gasteiger partial charge in [-0.3, -0.25) is 4.79 Å². The molecule has 1 aliphatic rings. The Morgan fingerprint density at radius 2 is 2.00 bits per heavy atom. The minimum atomic E-state index is 0.0236. The summed E-state index contributed by atoms with van der Waals surface area (Å²) in [5, 5.41) is 9.72. The van der Waals surface area contributed by atoms with Gasteiger partial charge in [-0.1, -0.05) is 20.3 Å². The maximum absolute atomic E-state index is 12.2. The summed E-state index contributed by atoms with van der Waals surface area (Å²) in [5.41, 5.74) is 2.82. The fraction of sp³-hybridized carbons (Fsp3) is 0.533. The molecule has 1 aliphatic heterocycles. The van der Waals surface area contributed by atoms with Gasteiger partial charge in [-0.2, -0.15) is 0 Å². The molecule has 0 spiro atoms. The maximum Gasteiger partial charge on any atom is 0.251 e. The minimum Gasteiger partial charge on any atom is -0.382 e. The van der Waals surface area contributed by atoms with Crippen molar-refractivity contribution in [2.75, 3.05) is 23.7 Å². The smallest absolute Gasteiger partial charge is 0.251 e.